The van der Waals surface area contributed by atoms with Crippen molar-refractivity contribution in [2.75, 3.05) is 25.2 Å². The van der Waals surface area contributed by atoms with Crippen molar-refractivity contribution in [1.29, 1.82) is 0 Å². The number of anilines is 1. The average molecular weight is 665 g/mol. The second kappa shape index (κ2) is 12.7. The first kappa shape index (κ1) is 28.0. The Morgan fingerprint density at radius 3 is 2.68 bits per heavy atom. The summed E-state index contributed by atoms with van der Waals surface area (Å²) in [5.74, 6) is -0.563. The normalized spacial score (nSPS) is 14.2. The van der Waals surface area contributed by atoms with Crippen molar-refractivity contribution in [1.82, 2.24) is 4.90 Å². The monoisotopic (exact) mass is 664 g/mol. The van der Waals surface area contributed by atoms with Crippen LogP contribution < -0.4 is 14.8 Å². The molecule has 0 radical (unpaired) electrons. The van der Waals surface area contributed by atoms with Gasteiger partial charge in [-0.1, -0.05) is 24.3 Å². The van der Waals surface area contributed by atoms with E-state index >= 15 is 0 Å². The van der Waals surface area contributed by atoms with Gasteiger partial charge in [-0.15, -0.1) is 11.8 Å². The molecule has 3 aromatic carbocycles. The Balaban J connectivity index is 1.47. The summed E-state index contributed by atoms with van der Waals surface area (Å²) in [6.07, 6.45) is 3.49. The number of thioether (sulfide) groups is 2. The number of methoxy groups -OCH3 is 1. The number of imide groups is 1. The van der Waals surface area contributed by atoms with Crippen molar-refractivity contribution in [3.05, 3.63) is 86.1 Å². The highest BCUT2D eigenvalue weighted by Gasteiger charge is 2.36. The smallest absolute Gasteiger partial charge is 0.294 e. The Hall–Kier alpha value is -3.03. The van der Waals surface area contributed by atoms with E-state index in [4.69, 9.17) is 9.47 Å². The van der Waals surface area contributed by atoms with E-state index in [0.29, 0.717) is 31.9 Å². The molecule has 3 amide bonds. The Labute approximate surface area is 241 Å². The lowest BCUT2D eigenvalue weighted by Gasteiger charge is -2.14. The molecule has 1 fully saturated rings. The number of halogens is 2. The summed E-state index contributed by atoms with van der Waals surface area (Å²) in [7, 11) is 1.48. The van der Waals surface area contributed by atoms with Crippen LogP contribution in [-0.4, -0.2) is 41.9 Å². The minimum atomic E-state index is -0.554. The molecule has 0 aliphatic carbocycles. The summed E-state index contributed by atoms with van der Waals surface area (Å²) >= 11 is 4.37. The van der Waals surface area contributed by atoms with Gasteiger partial charge in [0.05, 0.1) is 15.6 Å². The minimum Gasteiger partial charge on any atom is -0.493 e. The van der Waals surface area contributed by atoms with Crippen LogP contribution in [0.5, 0.6) is 11.5 Å². The van der Waals surface area contributed by atoms with Crippen LogP contribution in [0.25, 0.3) is 6.08 Å². The minimum absolute atomic E-state index is 0.0148. The number of nitrogens with zero attached hydrogens (tertiary/aromatic N) is 1. The zero-order valence-corrected chi connectivity index (χ0v) is 24.1. The second-order valence-electron chi connectivity index (χ2n) is 7.96. The number of carbonyl (C=O) groups excluding carboxylic acids is 3. The molecule has 0 aromatic heterocycles. The first-order valence-electron chi connectivity index (χ1n) is 11.2. The fourth-order valence-corrected chi connectivity index (χ4v) is 5.64. The second-order valence-corrected chi connectivity index (χ2v) is 11.0. The van der Waals surface area contributed by atoms with Crippen LogP contribution in [0.1, 0.15) is 11.1 Å². The van der Waals surface area contributed by atoms with Gasteiger partial charge in [-0.25, -0.2) is 4.39 Å². The van der Waals surface area contributed by atoms with Crippen molar-refractivity contribution in [3.8, 4) is 11.5 Å². The quantitative estimate of drug-likeness (QED) is 0.161. The fourth-order valence-electron chi connectivity index (χ4n) is 3.56. The molecule has 38 heavy (non-hydrogen) atoms. The molecular formula is C27H22FIN2O5S2. The molecule has 0 bridgehead atoms. The maximum absolute atomic E-state index is 14.0. The molecule has 4 rings (SSSR count). The van der Waals surface area contributed by atoms with Gasteiger partial charge in [0.25, 0.3) is 11.1 Å². The molecule has 1 aliphatic heterocycles. The molecule has 1 saturated heterocycles. The average Bonchev–Trinajstić information content (AvgIpc) is 3.15. The van der Waals surface area contributed by atoms with E-state index in [1.54, 1.807) is 42.5 Å². The zero-order valence-electron chi connectivity index (χ0n) is 20.3. The molecule has 11 heteroatoms. The summed E-state index contributed by atoms with van der Waals surface area (Å²) in [5, 5.41) is 2.20. The van der Waals surface area contributed by atoms with Crippen molar-refractivity contribution < 1.29 is 28.2 Å². The highest BCUT2D eigenvalue weighted by molar-refractivity contribution is 14.1. The highest BCUT2D eigenvalue weighted by Crippen LogP contribution is 2.37. The third kappa shape index (κ3) is 6.69. The summed E-state index contributed by atoms with van der Waals surface area (Å²) in [5.41, 5.74) is 1.60. The highest BCUT2D eigenvalue weighted by atomic mass is 127. The third-order valence-electron chi connectivity index (χ3n) is 5.41. The Kier molecular flexibility index (Phi) is 9.34. The molecule has 1 aliphatic rings. The molecule has 7 nitrogen and oxygen atoms in total. The third-order valence-corrected chi connectivity index (χ3v) is 7.84. The van der Waals surface area contributed by atoms with Crippen LogP contribution in [0.2, 0.25) is 0 Å². The van der Waals surface area contributed by atoms with Gasteiger partial charge in [0.1, 0.15) is 19.0 Å². The summed E-state index contributed by atoms with van der Waals surface area (Å²) in [6.45, 7) is -0.379. The van der Waals surface area contributed by atoms with E-state index in [0.717, 1.165) is 21.6 Å². The van der Waals surface area contributed by atoms with E-state index in [2.05, 4.69) is 27.9 Å². The van der Waals surface area contributed by atoms with E-state index in [9.17, 15) is 18.8 Å². The van der Waals surface area contributed by atoms with Gasteiger partial charge < -0.3 is 14.8 Å². The van der Waals surface area contributed by atoms with Gasteiger partial charge in [0.15, 0.2) is 11.5 Å². The molecule has 1 heterocycles. The molecule has 0 unspecified atom stereocenters. The summed E-state index contributed by atoms with van der Waals surface area (Å²) in [6, 6.07) is 17.1. The maximum atomic E-state index is 14.0. The molecule has 3 aromatic rings. The Bertz CT molecular complexity index is 1430. The van der Waals surface area contributed by atoms with Crippen molar-refractivity contribution in [3.63, 3.8) is 0 Å². The van der Waals surface area contributed by atoms with Crippen LogP contribution in [0.3, 0.4) is 0 Å². The fraction of sp³-hybridized carbons (Fsp3) is 0.148. The van der Waals surface area contributed by atoms with Crippen molar-refractivity contribution >= 4 is 74.9 Å². The summed E-state index contributed by atoms with van der Waals surface area (Å²) < 4.78 is 26.0. The predicted octanol–water partition coefficient (Wildman–Crippen LogP) is 6.41. The van der Waals surface area contributed by atoms with Gasteiger partial charge >= 0.3 is 0 Å². The van der Waals surface area contributed by atoms with Crippen LogP contribution in [-0.2, 0) is 16.2 Å². The number of nitrogens with one attached hydrogen (secondary N) is 1. The van der Waals surface area contributed by atoms with Gasteiger partial charge in [-0.3, -0.25) is 19.3 Å². The van der Waals surface area contributed by atoms with Gasteiger partial charge in [-0.2, -0.15) is 0 Å². The number of carbonyl (C=O) groups is 3. The number of hydrogen-bond donors (Lipinski definition) is 1. The van der Waals surface area contributed by atoms with Gasteiger partial charge in [0, 0.05) is 16.1 Å². The van der Waals surface area contributed by atoms with Gasteiger partial charge in [-0.05, 0) is 88.6 Å². The van der Waals surface area contributed by atoms with Crippen molar-refractivity contribution in [2.24, 2.45) is 0 Å². The molecule has 196 valence electrons. The predicted molar refractivity (Wildman–Crippen MR) is 156 cm³/mol. The van der Waals surface area contributed by atoms with Crippen LogP contribution in [0, 0.1) is 9.39 Å². The van der Waals surface area contributed by atoms with E-state index in [-0.39, 0.29) is 17.3 Å². The largest absolute Gasteiger partial charge is 0.493 e. The molecule has 0 spiro atoms. The van der Waals surface area contributed by atoms with E-state index < -0.39 is 23.6 Å². The number of ether oxygens (including phenoxy) is 2. The number of amides is 3. The Morgan fingerprint density at radius 2 is 1.95 bits per heavy atom. The lowest BCUT2D eigenvalue weighted by atomic mass is 10.1. The SMILES string of the molecule is COc1cc(/C=C2/SC(=O)N(CC(=O)Nc3cccc(SC)c3)C2=O)cc(I)c1OCc1ccccc1F. The molecule has 0 atom stereocenters. The standard InChI is InChI=1S/C27H22FIN2O5S2/c1-35-22-11-16(10-21(29)25(22)36-15-17-6-3-4-9-20(17)28)12-23-26(33)31(27(34)38-23)14-24(32)30-18-7-5-8-19(13-18)37-2/h3-13H,14-15H2,1-2H3,(H,30,32)/b23-12+. The number of benzene rings is 3. The topological polar surface area (TPSA) is 84.9 Å². The number of hydrogen-bond acceptors (Lipinski definition) is 7. The van der Waals surface area contributed by atoms with E-state index in [1.807, 2.05) is 24.5 Å². The van der Waals surface area contributed by atoms with E-state index in [1.165, 1.54) is 24.9 Å². The lowest BCUT2D eigenvalue weighted by molar-refractivity contribution is -0.127. The molecule has 0 saturated carbocycles. The molecular weight excluding hydrogens is 642 g/mol. The van der Waals surface area contributed by atoms with Gasteiger partial charge in [0.2, 0.25) is 5.91 Å². The zero-order chi connectivity index (χ0) is 27.2. The summed E-state index contributed by atoms with van der Waals surface area (Å²) in [4.78, 5) is 40.1. The van der Waals surface area contributed by atoms with Crippen molar-refractivity contribution in [2.45, 2.75) is 11.5 Å². The van der Waals surface area contributed by atoms with Crippen LogP contribution >= 0.6 is 46.1 Å². The first-order chi connectivity index (χ1) is 18.3. The molecule has 1 N–H and O–H groups in total. The maximum Gasteiger partial charge on any atom is 0.294 e. The lowest BCUT2D eigenvalue weighted by Crippen LogP contribution is -2.36. The Morgan fingerprint density at radius 1 is 1.16 bits per heavy atom. The van der Waals surface area contributed by atoms with Crippen LogP contribution in [0.4, 0.5) is 14.9 Å². The van der Waals surface area contributed by atoms with Crippen LogP contribution in [0.15, 0.2) is 70.5 Å². The number of rotatable bonds is 9. The first-order valence-corrected chi connectivity index (χ1v) is 14.3.